The number of hydrogen-bond acceptors (Lipinski definition) is 5. The van der Waals surface area contributed by atoms with Gasteiger partial charge < -0.3 is 9.84 Å². The van der Waals surface area contributed by atoms with Gasteiger partial charge in [-0.3, -0.25) is 9.69 Å². The molecule has 2 aromatic rings. The van der Waals surface area contributed by atoms with Gasteiger partial charge in [0.2, 0.25) is 0 Å². The van der Waals surface area contributed by atoms with Crippen LogP contribution in [0.5, 0.6) is 0 Å². The summed E-state index contributed by atoms with van der Waals surface area (Å²) in [5, 5.41) is 11.0. The summed E-state index contributed by atoms with van der Waals surface area (Å²) in [7, 11) is 0. The van der Waals surface area contributed by atoms with E-state index in [9.17, 15) is 9.59 Å². The third-order valence-corrected chi connectivity index (χ3v) is 4.18. The summed E-state index contributed by atoms with van der Waals surface area (Å²) in [5.74, 6) is -0.946. The maximum atomic E-state index is 12.4. The number of aromatic nitrogens is 1. The lowest BCUT2D eigenvalue weighted by molar-refractivity contribution is -0.136. The number of anilines is 1. The van der Waals surface area contributed by atoms with Crippen LogP contribution in [0.2, 0.25) is 0 Å². The summed E-state index contributed by atoms with van der Waals surface area (Å²) in [6.45, 7) is 2.71. The smallest absolute Gasteiger partial charge is 0.416 e. The van der Waals surface area contributed by atoms with E-state index in [1.54, 1.807) is 5.38 Å². The van der Waals surface area contributed by atoms with Crippen LogP contribution in [0.15, 0.2) is 35.7 Å². The van der Waals surface area contributed by atoms with Gasteiger partial charge in [-0.15, -0.1) is 11.3 Å². The first kappa shape index (κ1) is 17.9. The quantitative estimate of drug-likeness (QED) is 0.786. The Bertz CT molecular complexity index is 672. The molecule has 6 nitrogen and oxygen atoms in total. The molecule has 24 heavy (non-hydrogen) atoms. The van der Waals surface area contributed by atoms with Crippen molar-refractivity contribution < 1.29 is 19.4 Å². The highest BCUT2D eigenvalue weighted by atomic mass is 32.1. The number of aliphatic carboxylic acids is 1. The summed E-state index contributed by atoms with van der Waals surface area (Å²) in [6.07, 6.45) is 1.12. The van der Waals surface area contributed by atoms with Gasteiger partial charge in [-0.05, 0) is 12.0 Å². The molecule has 0 aliphatic carbocycles. The number of ether oxygens (including phenoxy) is 1. The summed E-state index contributed by atoms with van der Waals surface area (Å²) in [5.41, 5.74) is 1.35. The Morgan fingerprint density at radius 2 is 2.04 bits per heavy atom. The standard InChI is InChI=1S/C17H20N2O4S/c1-2-3-9-19(16-18-14(12-24-16)10-15(20)21)17(22)23-11-13-7-5-4-6-8-13/h4-8,12H,2-3,9-11H2,1H3,(H,20,21). The monoisotopic (exact) mass is 348 g/mol. The fourth-order valence-electron chi connectivity index (χ4n) is 2.03. The SMILES string of the molecule is CCCCN(C(=O)OCc1ccccc1)c1nc(CC(=O)O)cs1. The second-order valence-electron chi connectivity index (χ2n) is 5.24. The van der Waals surface area contributed by atoms with E-state index in [-0.39, 0.29) is 13.0 Å². The Hall–Kier alpha value is -2.41. The highest BCUT2D eigenvalue weighted by Crippen LogP contribution is 2.22. The molecule has 7 heteroatoms. The highest BCUT2D eigenvalue weighted by molar-refractivity contribution is 7.14. The van der Waals surface area contributed by atoms with Crippen LogP contribution in [0.4, 0.5) is 9.93 Å². The minimum Gasteiger partial charge on any atom is -0.481 e. The number of carbonyl (C=O) groups is 2. The molecule has 0 unspecified atom stereocenters. The largest absolute Gasteiger partial charge is 0.481 e. The molecule has 0 aliphatic heterocycles. The molecule has 2 rings (SSSR count). The normalized spacial score (nSPS) is 10.4. The number of nitrogens with zero attached hydrogens (tertiary/aromatic N) is 2. The van der Waals surface area contributed by atoms with E-state index in [1.165, 1.54) is 16.2 Å². The maximum absolute atomic E-state index is 12.4. The Morgan fingerprint density at radius 3 is 2.71 bits per heavy atom. The number of carboxylic acid groups (broad SMARTS) is 1. The Labute approximate surface area is 144 Å². The number of hydrogen-bond donors (Lipinski definition) is 1. The van der Waals surface area contributed by atoms with Gasteiger partial charge in [0.1, 0.15) is 6.61 Å². The van der Waals surface area contributed by atoms with E-state index in [0.29, 0.717) is 17.4 Å². The zero-order chi connectivity index (χ0) is 17.4. The minimum atomic E-state index is -0.946. The summed E-state index contributed by atoms with van der Waals surface area (Å²) < 4.78 is 5.37. The van der Waals surface area contributed by atoms with E-state index in [1.807, 2.05) is 37.3 Å². The number of rotatable bonds is 8. The van der Waals surface area contributed by atoms with Crippen LogP contribution < -0.4 is 4.90 Å². The molecule has 0 radical (unpaired) electrons. The lowest BCUT2D eigenvalue weighted by atomic mass is 10.2. The van der Waals surface area contributed by atoms with E-state index in [0.717, 1.165) is 18.4 Å². The zero-order valence-electron chi connectivity index (χ0n) is 13.5. The van der Waals surface area contributed by atoms with Crippen LogP contribution in [0, 0.1) is 0 Å². The Kier molecular flexibility index (Phi) is 6.74. The van der Waals surface area contributed by atoms with Crippen LogP contribution in [0.25, 0.3) is 0 Å². The van der Waals surface area contributed by atoms with Crippen LogP contribution in [0.1, 0.15) is 31.0 Å². The van der Waals surface area contributed by atoms with Crippen molar-refractivity contribution in [2.45, 2.75) is 32.8 Å². The molecular weight excluding hydrogens is 328 g/mol. The lowest BCUT2D eigenvalue weighted by Gasteiger charge is -2.19. The van der Waals surface area contributed by atoms with Crippen molar-refractivity contribution in [1.29, 1.82) is 0 Å². The van der Waals surface area contributed by atoms with E-state index >= 15 is 0 Å². The third kappa shape index (κ3) is 5.34. The molecule has 0 saturated heterocycles. The second-order valence-corrected chi connectivity index (χ2v) is 6.07. The molecule has 0 atom stereocenters. The predicted molar refractivity (Wildman–Crippen MR) is 92.3 cm³/mol. The average Bonchev–Trinajstić information content (AvgIpc) is 3.01. The van der Waals surface area contributed by atoms with E-state index in [4.69, 9.17) is 9.84 Å². The minimum absolute atomic E-state index is 0.156. The van der Waals surface area contributed by atoms with E-state index in [2.05, 4.69) is 4.98 Å². The number of carbonyl (C=O) groups excluding carboxylic acids is 1. The van der Waals surface area contributed by atoms with Gasteiger partial charge in [0.05, 0.1) is 12.1 Å². The van der Waals surface area contributed by atoms with Gasteiger partial charge in [0, 0.05) is 11.9 Å². The van der Waals surface area contributed by atoms with Gasteiger partial charge in [-0.1, -0.05) is 43.7 Å². The maximum Gasteiger partial charge on any atom is 0.416 e. The lowest BCUT2D eigenvalue weighted by Crippen LogP contribution is -2.32. The summed E-state index contributed by atoms with van der Waals surface area (Å²) >= 11 is 1.25. The highest BCUT2D eigenvalue weighted by Gasteiger charge is 2.20. The van der Waals surface area contributed by atoms with Crippen molar-refractivity contribution in [3.63, 3.8) is 0 Å². The third-order valence-electron chi connectivity index (χ3n) is 3.26. The number of benzene rings is 1. The number of amides is 1. The van der Waals surface area contributed by atoms with Gasteiger partial charge in [-0.25, -0.2) is 9.78 Å². The zero-order valence-corrected chi connectivity index (χ0v) is 14.3. The van der Waals surface area contributed by atoms with Crippen molar-refractivity contribution in [2.75, 3.05) is 11.4 Å². The molecule has 0 spiro atoms. The summed E-state index contributed by atoms with van der Waals surface area (Å²) in [4.78, 5) is 28.9. The van der Waals surface area contributed by atoms with Crippen molar-refractivity contribution in [3.8, 4) is 0 Å². The molecule has 1 aromatic carbocycles. The predicted octanol–water partition coefficient (Wildman–Crippen LogP) is 3.71. The van der Waals surface area contributed by atoms with Crippen LogP contribution in [0.3, 0.4) is 0 Å². The molecule has 0 saturated carbocycles. The first-order chi connectivity index (χ1) is 11.6. The fourth-order valence-corrected chi connectivity index (χ4v) is 2.88. The Morgan fingerprint density at radius 1 is 1.29 bits per heavy atom. The molecule has 1 amide bonds. The van der Waals surface area contributed by atoms with Crippen molar-refractivity contribution in [2.24, 2.45) is 0 Å². The number of carboxylic acids is 1. The molecule has 1 heterocycles. The molecular formula is C17H20N2O4S. The van der Waals surface area contributed by atoms with Crippen molar-refractivity contribution in [1.82, 2.24) is 4.98 Å². The van der Waals surface area contributed by atoms with Crippen LogP contribution in [-0.4, -0.2) is 28.7 Å². The molecule has 0 aliphatic rings. The fraction of sp³-hybridized carbons (Fsp3) is 0.353. The molecule has 0 fully saturated rings. The number of thiazole rings is 1. The molecule has 128 valence electrons. The van der Waals surface area contributed by atoms with Crippen LogP contribution >= 0.6 is 11.3 Å². The second kappa shape index (κ2) is 9.02. The first-order valence-corrected chi connectivity index (χ1v) is 8.62. The van der Waals surface area contributed by atoms with Gasteiger partial charge in [0.25, 0.3) is 0 Å². The average molecular weight is 348 g/mol. The van der Waals surface area contributed by atoms with Crippen molar-refractivity contribution >= 4 is 28.5 Å². The Balaban J connectivity index is 2.04. The van der Waals surface area contributed by atoms with Gasteiger partial charge in [-0.2, -0.15) is 0 Å². The van der Waals surface area contributed by atoms with Gasteiger partial charge >= 0.3 is 12.1 Å². The molecule has 0 bridgehead atoms. The molecule has 1 N–H and O–H groups in total. The number of unbranched alkanes of at least 4 members (excludes halogenated alkanes) is 1. The molecule has 1 aromatic heterocycles. The summed E-state index contributed by atoms with van der Waals surface area (Å²) in [6, 6.07) is 9.45. The first-order valence-electron chi connectivity index (χ1n) is 7.74. The topological polar surface area (TPSA) is 79.7 Å². The van der Waals surface area contributed by atoms with Crippen molar-refractivity contribution in [3.05, 3.63) is 47.0 Å². The van der Waals surface area contributed by atoms with Gasteiger partial charge in [0.15, 0.2) is 5.13 Å². The van der Waals surface area contributed by atoms with Crippen LogP contribution in [-0.2, 0) is 22.6 Å². The van der Waals surface area contributed by atoms with E-state index < -0.39 is 12.1 Å².